The molecule has 0 bridgehead atoms. The molecule has 0 aliphatic heterocycles. The second-order valence-electron chi connectivity index (χ2n) is 27.8. The van der Waals surface area contributed by atoms with E-state index in [2.05, 4.69) is 76.0 Å². The van der Waals surface area contributed by atoms with Crippen LogP contribution in [0.5, 0.6) is 0 Å². The van der Waals surface area contributed by atoms with E-state index >= 15 is 0 Å². The first-order chi connectivity index (χ1) is 52.2. The Labute approximate surface area is 655 Å². The SMILES string of the molecule is CCCCCCCCCCCCCCCC(=O)N[C@@H](CCSC)C(=O)NCC(=O)N[C@@H](C)C(=O)N[C@@H](CCC(N)=O)C(=O)N[C@@H](CCCCN)C(=O)N[C@@H](CCCCN)C(=O)N[C@@H](CC(C)C)C(=O)N[C@@H](CCCNC(=N)N)C(=O)N[C@@H](CO)C(=O)N[C@@H](CCSC)C(=O)N[C@H](C(=O)N[C@@H](CC(=O)O)C(N)=O)[C@@H](C)O. The highest BCUT2D eigenvalue weighted by molar-refractivity contribution is 7.98. The number of aliphatic hydroxyl groups is 2. The second-order valence-corrected chi connectivity index (χ2v) is 29.7. The molecular formula is C71H131N19O18S2. The smallest absolute Gasteiger partial charge is 0.305 e. The van der Waals surface area contributed by atoms with Crippen LogP contribution in [0.2, 0.25) is 0 Å². The first-order valence-electron chi connectivity index (χ1n) is 38.3. The first kappa shape index (κ1) is 102. The molecule has 14 amide bonds. The van der Waals surface area contributed by atoms with Crippen LogP contribution in [0.3, 0.4) is 0 Å². The van der Waals surface area contributed by atoms with Crippen LogP contribution < -0.4 is 97.8 Å². The molecule has 0 rings (SSSR count). The van der Waals surface area contributed by atoms with Gasteiger partial charge in [-0.1, -0.05) is 97.8 Å². The number of hydrogen-bond acceptors (Lipinski definition) is 22. The average molecular weight is 1600 g/mol. The van der Waals surface area contributed by atoms with E-state index in [0.717, 1.165) is 32.6 Å². The summed E-state index contributed by atoms with van der Waals surface area (Å²) in [5.74, 6) is -14.3. The highest BCUT2D eigenvalue weighted by Crippen LogP contribution is 2.16. The topological polar surface area (TPSA) is 627 Å². The number of carbonyl (C=O) groups is 15. The molecule has 110 heavy (non-hydrogen) atoms. The second kappa shape index (κ2) is 60.6. The number of primary amides is 2. The molecule has 0 aliphatic carbocycles. The predicted octanol–water partition coefficient (Wildman–Crippen LogP) is -2.39. The Morgan fingerprint density at radius 3 is 1.24 bits per heavy atom. The Balaban J connectivity index is 6.63. The van der Waals surface area contributed by atoms with Crippen molar-refractivity contribution in [1.29, 1.82) is 5.41 Å². The van der Waals surface area contributed by atoms with Crippen molar-refractivity contribution in [2.24, 2.45) is 34.6 Å². The predicted molar refractivity (Wildman–Crippen MR) is 419 cm³/mol. The minimum atomic E-state index is -1.82. The van der Waals surface area contributed by atoms with Crippen LogP contribution in [-0.4, -0.2) is 239 Å². The van der Waals surface area contributed by atoms with E-state index < -0.39 is 187 Å². The highest BCUT2D eigenvalue weighted by Gasteiger charge is 2.37. The highest BCUT2D eigenvalue weighted by atomic mass is 32.2. The molecule has 0 spiro atoms. The number of unbranched alkanes of at least 4 members (excludes halogenated alkanes) is 14. The molecule has 0 aromatic rings. The average Bonchev–Trinajstić information content (AvgIpc) is 0.862. The van der Waals surface area contributed by atoms with Crippen molar-refractivity contribution < 1.29 is 87.2 Å². The fraction of sp³-hybridized carbons (Fsp3) is 0.775. The third kappa shape index (κ3) is 47.2. The number of carboxylic acids is 1. The summed E-state index contributed by atoms with van der Waals surface area (Å²) >= 11 is 2.72. The van der Waals surface area contributed by atoms with E-state index in [1.807, 2.05) is 6.26 Å². The largest absolute Gasteiger partial charge is 0.481 e. The standard InChI is InChI=1S/C71H131N19O18S2/c1-8-9-10-11-12-13-14-15-16-17-18-19-20-29-56(94)81-50(32-37-109-6)62(100)79-41-57(95)80-44(4)61(99)82-49(30-31-55(74)93)66(104)84-46(26-21-23-34-72)63(101)83-47(27-22-24-35-73)64(102)88-53(39-43(2)3)68(106)85-48(28-25-36-78-71(76)77)65(103)89-54(42-91)69(107)86-51(33-38-110-7)67(105)90-59(45(5)92)70(108)87-52(60(75)98)40-58(96)97/h43-54,59,91-92H,8-42,72-73H2,1-7H3,(H2,74,93)(H2,75,98)(H,79,100)(H,80,95)(H,81,94)(H,82,99)(H,83,101)(H,84,104)(H,85,106)(H,86,107)(H,87,108)(H,88,102)(H,89,103)(H,90,105)(H,96,97)(H4,76,77,78)/t44-,45+,46-,47-,48-,49-,50-,51-,52-,53-,54-,59-/m0/s1. The monoisotopic (exact) mass is 1600 g/mol. The lowest BCUT2D eigenvalue weighted by atomic mass is 10.0. The van der Waals surface area contributed by atoms with Gasteiger partial charge < -0.3 is 113 Å². The number of carbonyl (C=O) groups excluding carboxylic acids is 14. The summed E-state index contributed by atoms with van der Waals surface area (Å²) < 4.78 is 0. The number of guanidine groups is 1. The lowest BCUT2D eigenvalue weighted by molar-refractivity contribution is -0.141. The number of hydrogen-bond donors (Lipinski definition) is 22. The molecule has 0 aromatic heterocycles. The van der Waals surface area contributed by atoms with Gasteiger partial charge >= 0.3 is 5.97 Å². The summed E-state index contributed by atoms with van der Waals surface area (Å²) in [6, 6.07) is -16.5. The number of carboxylic acid groups (broad SMARTS) is 1. The van der Waals surface area contributed by atoms with Gasteiger partial charge in [-0.2, -0.15) is 23.5 Å². The van der Waals surface area contributed by atoms with Crippen LogP contribution in [0.1, 0.15) is 214 Å². The summed E-state index contributed by atoms with van der Waals surface area (Å²) in [7, 11) is 0. The quantitative estimate of drug-likeness (QED) is 0.0172. The molecule has 0 heterocycles. The zero-order chi connectivity index (χ0) is 83.1. The molecule has 0 aliphatic rings. The minimum absolute atomic E-state index is 0.00202. The van der Waals surface area contributed by atoms with Crippen molar-refractivity contribution in [3.8, 4) is 0 Å². The zero-order valence-corrected chi connectivity index (χ0v) is 67.1. The van der Waals surface area contributed by atoms with Crippen molar-refractivity contribution >= 4 is 118 Å². The maximum absolute atomic E-state index is 14.6. The van der Waals surface area contributed by atoms with E-state index in [9.17, 15) is 87.2 Å². The van der Waals surface area contributed by atoms with Gasteiger partial charge in [-0.15, -0.1) is 0 Å². The summed E-state index contributed by atoms with van der Waals surface area (Å²) in [5, 5.41) is 70.2. The third-order valence-corrected chi connectivity index (χ3v) is 18.8. The minimum Gasteiger partial charge on any atom is -0.481 e. The lowest BCUT2D eigenvalue weighted by Crippen LogP contribution is -2.62. The Morgan fingerprint density at radius 1 is 0.409 bits per heavy atom. The van der Waals surface area contributed by atoms with E-state index in [1.165, 1.54) is 81.8 Å². The maximum Gasteiger partial charge on any atom is 0.305 e. The number of rotatable bonds is 65. The molecule has 0 saturated carbocycles. The van der Waals surface area contributed by atoms with E-state index in [1.54, 1.807) is 20.1 Å². The fourth-order valence-corrected chi connectivity index (χ4v) is 12.2. The Hall–Kier alpha value is -8.14. The van der Waals surface area contributed by atoms with Crippen molar-refractivity contribution in [2.75, 3.05) is 56.8 Å². The molecule has 0 radical (unpaired) electrons. The van der Waals surface area contributed by atoms with Crippen LogP contribution >= 0.6 is 23.5 Å². The van der Waals surface area contributed by atoms with Crippen molar-refractivity contribution in [2.45, 2.75) is 287 Å². The number of aliphatic hydroxyl groups excluding tert-OH is 2. The van der Waals surface area contributed by atoms with Gasteiger partial charge in [0.2, 0.25) is 82.7 Å². The maximum atomic E-state index is 14.6. The molecule has 0 saturated heterocycles. The molecule has 630 valence electrons. The van der Waals surface area contributed by atoms with Gasteiger partial charge in [-0.3, -0.25) is 77.3 Å². The van der Waals surface area contributed by atoms with Gasteiger partial charge in [0.1, 0.15) is 66.5 Å². The first-order valence-corrected chi connectivity index (χ1v) is 41.1. The summed E-state index contributed by atoms with van der Waals surface area (Å²) in [5.41, 5.74) is 27.8. The molecular weight excluding hydrogens is 1470 g/mol. The summed E-state index contributed by atoms with van der Waals surface area (Å²) in [4.78, 5) is 202. The van der Waals surface area contributed by atoms with Crippen molar-refractivity contribution in [3.63, 3.8) is 0 Å². The molecule has 0 unspecified atom stereocenters. The van der Waals surface area contributed by atoms with Crippen LogP contribution in [0.25, 0.3) is 0 Å². The Bertz CT molecular complexity index is 2870. The Kier molecular flexibility index (Phi) is 56.1. The number of aliphatic carboxylic acids is 1. The van der Waals surface area contributed by atoms with Gasteiger partial charge in [-0.25, -0.2) is 0 Å². The molecule has 0 aromatic carbocycles. The van der Waals surface area contributed by atoms with E-state index in [0.29, 0.717) is 25.0 Å². The number of thioether (sulfide) groups is 2. The zero-order valence-electron chi connectivity index (χ0n) is 65.4. The summed E-state index contributed by atoms with van der Waals surface area (Å²) in [6.45, 7) is 6.76. The molecule has 27 N–H and O–H groups in total. The number of nitrogens with two attached hydrogens (primary N) is 5. The van der Waals surface area contributed by atoms with Gasteiger partial charge in [0, 0.05) is 19.4 Å². The van der Waals surface area contributed by atoms with E-state index in [-0.39, 0.29) is 108 Å². The van der Waals surface area contributed by atoms with Gasteiger partial charge in [0.05, 0.1) is 25.7 Å². The molecule has 12 atom stereocenters. The van der Waals surface area contributed by atoms with Crippen molar-refractivity contribution in [1.82, 2.24) is 69.1 Å². The van der Waals surface area contributed by atoms with Crippen LogP contribution in [0.15, 0.2) is 0 Å². The molecule has 37 nitrogen and oxygen atoms in total. The third-order valence-electron chi connectivity index (χ3n) is 17.6. The summed E-state index contributed by atoms with van der Waals surface area (Å²) in [6.07, 6.45) is 16.4. The molecule has 39 heteroatoms. The Morgan fingerprint density at radius 2 is 0.809 bits per heavy atom. The van der Waals surface area contributed by atoms with Gasteiger partial charge in [0.15, 0.2) is 5.96 Å². The number of amides is 14. The van der Waals surface area contributed by atoms with Crippen LogP contribution in [0.4, 0.5) is 0 Å². The molecule has 0 fully saturated rings. The normalized spacial score (nSPS) is 14.4. The lowest BCUT2D eigenvalue weighted by Gasteiger charge is -2.29. The van der Waals surface area contributed by atoms with Crippen molar-refractivity contribution in [3.05, 3.63) is 0 Å². The van der Waals surface area contributed by atoms with Crippen LogP contribution in [0, 0.1) is 11.3 Å². The van der Waals surface area contributed by atoms with Gasteiger partial charge in [-0.05, 0) is 140 Å². The number of nitrogens with one attached hydrogen (secondary N) is 14. The van der Waals surface area contributed by atoms with E-state index in [4.69, 9.17) is 34.1 Å². The fourth-order valence-electron chi connectivity index (χ4n) is 11.2. The van der Waals surface area contributed by atoms with Gasteiger partial charge in [0.25, 0.3) is 0 Å². The van der Waals surface area contributed by atoms with Crippen LogP contribution in [-0.2, 0) is 71.9 Å².